The molecule has 6 heteroatoms. The van der Waals surface area contributed by atoms with Crippen LogP contribution in [0.3, 0.4) is 0 Å². The molecule has 0 bridgehead atoms. The van der Waals surface area contributed by atoms with Gasteiger partial charge in [0.1, 0.15) is 5.71 Å². The number of aryl methyl sites for hydroxylation is 1. The summed E-state index contributed by atoms with van der Waals surface area (Å²) in [6.07, 6.45) is 9.74. The first-order valence-electron chi connectivity index (χ1n) is 10.3. The average molecular weight is 378 g/mol. The van der Waals surface area contributed by atoms with E-state index in [1.54, 1.807) is 6.26 Å². The third-order valence-electron chi connectivity index (χ3n) is 6.06. The van der Waals surface area contributed by atoms with Gasteiger partial charge in [0.25, 0.3) is 5.91 Å². The van der Waals surface area contributed by atoms with Gasteiger partial charge in [-0.15, -0.1) is 0 Å². The van der Waals surface area contributed by atoms with Crippen molar-refractivity contribution in [1.82, 2.24) is 15.3 Å². The number of nitrogens with one attached hydrogen (secondary N) is 2. The Morgan fingerprint density at radius 1 is 1.32 bits per heavy atom. The van der Waals surface area contributed by atoms with E-state index >= 15 is 0 Å². The molecule has 0 atom stereocenters. The molecule has 5 rings (SSSR count). The third-order valence-corrected chi connectivity index (χ3v) is 6.06. The third kappa shape index (κ3) is 3.22. The summed E-state index contributed by atoms with van der Waals surface area (Å²) >= 11 is 0. The van der Waals surface area contributed by atoms with Crippen molar-refractivity contribution in [2.75, 3.05) is 19.6 Å². The molecule has 28 heavy (non-hydrogen) atoms. The van der Waals surface area contributed by atoms with Crippen molar-refractivity contribution < 1.29 is 9.21 Å². The largest absolute Gasteiger partial charge is 0.463 e. The van der Waals surface area contributed by atoms with Crippen LogP contribution < -0.4 is 5.43 Å². The summed E-state index contributed by atoms with van der Waals surface area (Å²) in [6.45, 7) is 5.72. The van der Waals surface area contributed by atoms with Crippen LogP contribution in [0.15, 0.2) is 33.5 Å². The molecule has 2 aromatic heterocycles. The quantitative estimate of drug-likeness (QED) is 0.757. The molecular formula is C22H26N4O2. The molecule has 1 saturated carbocycles. The van der Waals surface area contributed by atoms with Gasteiger partial charge in [0.05, 0.1) is 11.8 Å². The van der Waals surface area contributed by atoms with Crippen LogP contribution in [0, 0.1) is 6.92 Å². The van der Waals surface area contributed by atoms with E-state index in [1.807, 2.05) is 18.2 Å². The molecule has 0 radical (unpaired) electrons. The molecule has 4 heterocycles. The fourth-order valence-corrected chi connectivity index (χ4v) is 4.47. The summed E-state index contributed by atoms with van der Waals surface area (Å²) < 4.78 is 5.47. The standard InChI is InChI=1S/C22H26N4O2/c1-14-16(8-11-26-9-2-3-10-26)20(15-6-7-15)18(23-14)13-17-21(24-25-22(17)27)19-5-4-12-28-19/h4-5,12-13,15,23H,2-3,6-11H2,1H3,(H,25,27)/b17-13+. The highest BCUT2D eigenvalue weighted by atomic mass is 16.3. The topological polar surface area (TPSA) is 73.6 Å². The van der Waals surface area contributed by atoms with Crippen LogP contribution in [0.5, 0.6) is 0 Å². The number of amides is 1. The number of hydrogen-bond acceptors (Lipinski definition) is 4. The number of likely N-dealkylation sites (tertiary alicyclic amines) is 1. The number of H-pyrrole nitrogens is 1. The maximum atomic E-state index is 12.4. The SMILES string of the molecule is Cc1[nH]c(/C=C2/C(=O)NN=C2c2ccco2)c(C2CC2)c1CCN1CCCC1. The molecule has 0 spiro atoms. The zero-order valence-electron chi connectivity index (χ0n) is 16.3. The summed E-state index contributed by atoms with van der Waals surface area (Å²) in [5, 5.41) is 4.18. The first-order valence-corrected chi connectivity index (χ1v) is 10.3. The van der Waals surface area contributed by atoms with Gasteiger partial charge in [0, 0.05) is 17.9 Å². The van der Waals surface area contributed by atoms with Crippen LogP contribution in [-0.4, -0.2) is 41.1 Å². The first-order chi connectivity index (χ1) is 13.7. The monoisotopic (exact) mass is 378 g/mol. The molecular weight excluding hydrogens is 352 g/mol. The number of carbonyl (C=O) groups excluding carboxylic acids is 1. The number of furan rings is 1. The Kier molecular flexibility index (Phi) is 4.43. The van der Waals surface area contributed by atoms with Gasteiger partial charge in [-0.25, -0.2) is 5.43 Å². The number of aromatic nitrogens is 1. The smallest absolute Gasteiger partial charge is 0.273 e. The lowest BCUT2D eigenvalue weighted by Crippen LogP contribution is -2.22. The maximum absolute atomic E-state index is 12.4. The molecule has 1 aliphatic carbocycles. The second kappa shape index (κ2) is 7.09. The first kappa shape index (κ1) is 17.5. The van der Waals surface area contributed by atoms with Crippen LogP contribution in [0.25, 0.3) is 6.08 Å². The van der Waals surface area contributed by atoms with Crippen LogP contribution in [0.2, 0.25) is 0 Å². The molecule has 2 N–H and O–H groups in total. The van der Waals surface area contributed by atoms with E-state index in [0.717, 1.165) is 18.7 Å². The molecule has 0 aromatic carbocycles. The van der Waals surface area contributed by atoms with E-state index in [0.29, 0.717) is 23.0 Å². The van der Waals surface area contributed by atoms with Gasteiger partial charge >= 0.3 is 0 Å². The van der Waals surface area contributed by atoms with Gasteiger partial charge in [-0.1, -0.05) is 0 Å². The van der Waals surface area contributed by atoms with Crippen molar-refractivity contribution in [2.24, 2.45) is 5.10 Å². The summed E-state index contributed by atoms with van der Waals surface area (Å²) in [5.41, 5.74) is 8.84. The highest BCUT2D eigenvalue weighted by Gasteiger charge is 2.32. The molecule has 1 amide bonds. The van der Waals surface area contributed by atoms with Gasteiger partial charge in [0.15, 0.2) is 5.76 Å². The minimum Gasteiger partial charge on any atom is -0.463 e. The normalized spacial score (nSPS) is 21.5. The van der Waals surface area contributed by atoms with Gasteiger partial charge < -0.3 is 14.3 Å². The van der Waals surface area contributed by atoms with Crippen LogP contribution in [0.4, 0.5) is 0 Å². The predicted molar refractivity (Wildman–Crippen MR) is 108 cm³/mol. The molecule has 2 aliphatic heterocycles. The van der Waals surface area contributed by atoms with Crippen molar-refractivity contribution in [3.63, 3.8) is 0 Å². The molecule has 0 unspecified atom stereocenters. The molecule has 146 valence electrons. The molecule has 6 nitrogen and oxygen atoms in total. The van der Waals surface area contributed by atoms with E-state index in [4.69, 9.17) is 4.42 Å². The Bertz CT molecular complexity index is 942. The van der Waals surface area contributed by atoms with Crippen molar-refractivity contribution in [3.8, 4) is 0 Å². The number of hydrazone groups is 1. The highest BCUT2D eigenvalue weighted by Crippen LogP contribution is 2.45. The van der Waals surface area contributed by atoms with Crippen molar-refractivity contribution >= 4 is 17.7 Å². The van der Waals surface area contributed by atoms with E-state index in [1.165, 1.54) is 55.6 Å². The summed E-state index contributed by atoms with van der Waals surface area (Å²) in [4.78, 5) is 18.5. The van der Waals surface area contributed by atoms with Gasteiger partial charge in [-0.3, -0.25) is 4.79 Å². The van der Waals surface area contributed by atoms with E-state index in [2.05, 4.69) is 27.3 Å². The minimum absolute atomic E-state index is 0.181. The lowest BCUT2D eigenvalue weighted by molar-refractivity contribution is -0.116. The van der Waals surface area contributed by atoms with E-state index < -0.39 is 0 Å². The van der Waals surface area contributed by atoms with Gasteiger partial charge in [0.2, 0.25) is 0 Å². The highest BCUT2D eigenvalue weighted by molar-refractivity contribution is 6.32. The molecule has 2 fully saturated rings. The Balaban J connectivity index is 1.47. The summed E-state index contributed by atoms with van der Waals surface area (Å²) in [5.74, 6) is 1.04. The maximum Gasteiger partial charge on any atom is 0.273 e. The Morgan fingerprint density at radius 3 is 2.86 bits per heavy atom. The molecule has 3 aliphatic rings. The average Bonchev–Trinajstić information content (AvgIpc) is 3.10. The number of nitrogens with zero attached hydrogens (tertiary/aromatic N) is 2. The minimum atomic E-state index is -0.181. The fourth-order valence-electron chi connectivity index (χ4n) is 4.47. The van der Waals surface area contributed by atoms with Crippen molar-refractivity contribution in [1.29, 1.82) is 0 Å². The number of carbonyl (C=O) groups is 1. The van der Waals surface area contributed by atoms with Crippen molar-refractivity contribution in [2.45, 2.75) is 44.9 Å². The number of rotatable bonds is 6. The Morgan fingerprint density at radius 2 is 2.14 bits per heavy atom. The second-order valence-corrected chi connectivity index (χ2v) is 8.07. The van der Waals surface area contributed by atoms with Crippen molar-refractivity contribution in [3.05, 3.63) is 52.2 Å². The summed E-state index contributed by atoms with van der Waals surface area (Å²) in [6, 6.07) is 3.64. The zero-order chi connectivity index (χ0) is 19.1. The lowest BCUT2D eigenvalue weighted by atomic mass is 9.99. The zero-order valence-corrected chi connectivity index (χ0v) is 16.3. The van der Waals surface area contributed by atoms with Crippen LogP contribution in [0.1, 0.15) is 59.9 Å². The van der Waals surface area contributed by atoms with Crippen LogP contribution >= 0.6 is 0 Å². The summed E-state index contributed by atoms with van der Waals surface area (Å²) in [7, 11) is 0. The van der Waals surface area contributed by atoms with E-state index in [-0.39, 0.29) is 5.91 Å². The van der Waals surface area contributed by atoms with Gasteiger partial charge in [-0.2, -0.15) is 5.10 Å². The van der Waals surface area contributed by atoms with Crippen LogP contribution in [-0.2, 0) is 11.2 Å². The van der Waals surface area contributed by atoms with E-state index in [9.17, 15) is 4.79 Å². The Labute approximate surface area is 164 Å². The van der Waals surface area contributed by atoms with Gasteiger partial charge in [-0.05, 0) is 87.4 Å². The Hall–Kier alpha value is -2.60. The number of hydrogen-bond donors (Lipinski definition) is 2. The fraction of sp³-hybridized carbons (Fsp3) is 0.455. The molecule has 1 saturated heterocycles. The number of aromatic amines is 1. The second-order valence-electron chi connectivity index (χ2n) is 8.07. The molecule has 2 aromatic rings. The predicted octanol–water partition coefficient (Wildman–Crippen LogP) is 3.35. The lowest BCUT2D eigenvalue weighted by Gasteiger charge is -2.15.